The predicted octanol–water partition coefficient (Wildman–Crippen LogP) is 10.3. The van der Waals surface area contributed by atoms with Gasteiger partial charge in [-0.25, -0.2) is 9.97 Å². The highest BCUT2D eigenvalue weighted by atomic mass is 79.9. The van der Waals surface area contributed by atoms with Gasteiger partial charge in [0.1, 0.15) is 0 Å². The minimum absolute atomic E-state index is 0.818. The van der Waals surface area contributed by atoms with Gasteiger partial charge in [-0.1, -0.05) is 18.2 Å². The van der Waals surface area contributed by atoms with E-state index in [0.717, 1.165) is 93.8 Å². The summed E-state index contributed by atoms with van der Waals surface area (Å²) >= 11 is 3.97. The topological polar surface area (TPSA) is 96.0 Å². The zero-order valence-corrected chi connectivity index (χ0v) is 27.6. The van der Waals surface area contributed by atoms with Gasteiger partial charge < -0.3 is 9.97 Å². The van der Waals surface area contributed by atoms with Crippen LogP contribution in [0.3, 0.4) is 0 Å². The second-order valence-corrected chi connectivity index (χ2v) is 12.6. The van der Waals surface area contributed by atoms with E-state index in [4.69, 9.17) is 9.97 Å². The Morgan fingerprint density at radius 2 is 1.04 bits per heavy atom. The first-order chi connectivity index (χ1) is 24.2. The number of benzene rings is 1. The number of halogens is 1. The van der Waals surface area contributed by atoms with Gasteiger partial charge in [-0.05, 0) is 135 Å². The van der Waals surface area contributed by atoms with Crippen LogP contribution in [-0.2, 0) is 0 Å². The van der Waals surface area contributed by atoms with Crippen LogP contribution in [0.5, 0.6) is 0 Å². The van der Waals surface area contributed by atoms with Crippen molar-refractivity contribution in [2.75, 3.05) is 0 Å². The molecule has 2 aliphatic heterocycles. The van der Waals surface area contributed by atoms with Crippen LogP contribution < -0.4 is 0 Å². The summed E-state index contributed by atoms with van der Waals surface area (Å²) < 4.78 is 0.862. The van der Waals surface area contributed by atoms with Crippen LogP contribution in [0.1, 0.15) is 22.8 Å². The Balaban J connectivity index is 1.38. The molecule has 0 amide bonds. The standard InChI is InChI=1S/C41H26BrN7/c42-40-37-9-8-36(49-37)39(27-14-20-45-21-15-27)35-7-6-34(48-35)38(26-12-18-44-19-13-26)33-5-4-30(46-33)23-31-24-32(41(40)47-31)29-3-1-2-28(22-29)25-10-16-43-17-11-25/h1-24,47-48H. The fourth-order valence-corrected chi connectivity index (χ4v) is 7.01. The van der Waals surface area contributed by atoms with Gasteiger partial charge in [-0.15, -0.1) is 0 Å². The van der Waals surface area contributed by atoms with Gasteiger partial charge >= 0.3 is 0 Å². The first-order valence-corrected chi connectivity index (χ1v) is 16.6. The predicted molar refractivity (Wildman–Crippen MR) is 202 cm³/mol. The normalized spacial score (nSPS) is 12.0. The molecule has 49 heavy (non-hydrogen) atoms. The highest BCUT2D eigenvalue weighted by Gasteiger charge is 2.17. The summed E-state index contributed by atoms with van der Waals surface area (Å²) in [6.45, 7) is 0. The molecule has 2 aliphatic rings. The van der Waals surface area contributed by atoms with E-state index < -0.39 is 0 Å². The monoisotopic (exact) mass is 695 g/mol. The molecule has 6 aromatic heterocycles. The molecule has 0 unspecified atom stereocenters. The van der Waals surface area contributed by atoms with Crippen LogP contribution in [0.4, 0.5) is 0 Å². The molecule has 8 bridgehead atoms. The van der Waals surface area contributed by atoms with E-state index in [-0.39, 0.29) is 0 Å². The van der Waals surface area contributed by atoms with Crippen molar-refractivity contribution in [1.29, 1.82) is 0 Å². The number of hydrogen-bond acceptors (Lipinski definition) is 5. The Kier molecular flexibility index (Phi) is 7.13. The smallest absolute Gasteiger partial charge is 0.0801 e. The summed E-state index contributed by atoms with van der Waals surface area (Å²) in [7, 11) is 0. The number of aromatic nitrogens is 7. The van der Waals surface area contributed by atoms with E-state index in [0.29, 0.717) is 0 Å². The van der Waals surface area contributed by atoms with Crippen molar-refractivity contribution in [3.05, 3.63) is 149 Å². The van der Waals surface area contributed by atoms with Crippen molar-refractivity contribution in [2.24, 2.45) is 0 Å². The lowest BCUT2D eigenvalue weighted by Gasteiger charge is -2.06. The van der Waals surface area contributed by atoms with Crippen LogP contribution >= 0.6 is 15.9 Å². The first kappa shape index (κ1) is 28.9. The molecule has 0 saturated heterocycles. The van der Waals surface area contributed by atoms with Crippen LogP contribution in [0, 0.1) is 0 Å². The van der Waals surface area contributed by atoms with Gasteiger partial charge in [-0.3, -0.25) is 15.0 Å². The Labute approximate surface area is 290 Å². The van der Waals surface area contributed by atoms with Crippen molar-refractivity contribution in [1.82, 2.24) is 34.9 Å². The SMILES string of the molecule is Brc1c2nc(c(-c3ccncc3)c3ccc([nH]3)c(-c3ccncc3)c3nc(cc4cc(-c5cccc(-c6ccncc6)c5)c1[nH]4)C=C3)C=C2. The molecule has 7 aromatic rings. The van der Waals surface area contributed by atoms with E-state index in [2.05, 4.69) is 114 Å². The van der Waals surface area contributed by atoms with Crippen molar-refractivity contribution in [3.8, 4) is 44.5 Å². The molecule has 8 heterocycles. The van der Waals surface area contributed by atoms with Gasteiger partial charge in [0.15, 0.2) is 0 Å². The Morgan fingerprint density at radius 3 is 1.71 bits per heavy atom. The molecule has 0 saturated carbocycles. The summed E-state index contributed by atoms with van der Waals surface area (Å²) in [6.07, 6.45) is 19.1. The number of fused-ring (bicyclic) bond motifs is 8. The molecule has 0 radical (unpaired) electrons. The summed E-state index contributed by atoms with van der Waals surface area (Å²) in [4.78, 5) is 30.5. The zero-order valence-electron chi connectivity index (χ0n) is 26.0. The van der Waals surface area contributed by atoms with Gasteiger partial charge in [0.05, 0.1) is 32.8 Å². The maximum atomic E-state index is 5.21. The number of rotatable bonds is 4. The third-order valence-electron chi connectivity index (χ3n) is 8.75. The maximum Gasteiger partial charge on any atom is 0.0801 e. The van der Waals surface area contributed by atoms with E-state index in [1.165, 1.54) is 0 Å². The summed E-state index contributed by atoms with van der Waals surface area (Å²) in [5.74, 6) is 0. The van der Waals surface area contributed by atoms with E-state index in [9.17, 15) is 0 Å². The van der Waals surface area contributed by atoms with Crippen LogP contribution in [0.25, 0.3) is 90.9 Å². The third-order valence-corrected chi connectivity index (χ3v) is 9.55. The van der Waals surface area contributed by atoms with Crippen molar-refractivity contribution < 1.29 is 0 Å². The minimum Gasteiger partial charge on any atom is -0.354 e. The number of aromatic amines is 2. The molecule has 232 valence electrons. The van der Waals surface area contributed by atoms with Crippen LogP contribution in [0.15, 0.2) is 127 Å². The van der Waals surface area contributed by atoms with E-state index >= 15 is 0 Å². The highest BCUT2D eigenvalue weighted by Crippen LogP contribution is 2.38. The Bertz CT molecular complexity index is 2610. The van der Waals surface area contributed by atoms with Crippen LogP contribution in [0.2, 0.25) is 0 Å². The van der Waals surface area contributed by atoms with E-state index in [1.807, 2.05) is 73.6 Å². The highest BCUT2D eigenvalue weighted by molar-refractivity contribution is 9.10. The number of H-pyrrole nitrogens is 2. The van der Waals surface area contributed by atoms with Gasteiger partial charge in [0.2, 0.25) is 0 Å². The molecule has 0 aliphatic carbocycles. The molecule has 1 aromatic carbocycles. The molecular weight excluding hydrogens is 670 g/mol. The minimum atomic E-state index is 0.818. The van der Waals surface area contributed by atoms with Gasteiger partial charge in [0.25, 0.3) is 0 Å². The average molecular weight is 697 g/mol. The second-order valence-electron chi connectivity index (χ2n) is 11.8. The number of nitrogens with zero attached hydrogens (tertiary/aromatic N) is 5. The number of hydrogen-bond donors (Lipinski definition) is 2. The Morgan fingerprint density at radius 1 is 0.469 bits per heavy atom. The van der Waals surface area contributed by atoms with Crippen molar-refractivity contribution in [3.63, 3.8) is 0 Å². The average Bonchev–Trinajstić information content (AvgIpc) is 3.99. The lowest BCUT2D eigenvalue weighted by Crippen LogP contribution is -1.88. The molecular formula is C41H26BrN7. The quantitative estimate of drug-likeness (QED) is 0.191. The summed E-state index contributed by atoms with van der Waals surface area (Å²) in [6, 6.07) is 29.2. The molecule has 8 heteroatoms. The molecule has 7 nitrogen and oxygen atoms in total. The number of pyridine rings is 3. The molecule has 2 N–H and O–H groups in total. The molecule has 0 spiro atoms. The van der Waals surface area contributed by atoms with Crippen LogP contribution in [-0.4, -0.2) is 34.9 Å². The lowest BCUT2D eigenvalue weighted by molar-refractivity contribution is 1.29. The summed E-state index contributed by atoms with van der Waals surface area (Å²) in [5, 5.41) is 0. The first-order valence-electron chi connectivity index (χ1n) is 15.8. The molecule has 0 fully saturated rings. The van der Waals surface area contributed by atoms with Crippen molar-refractivity contribution in [2.45, 2.75) is 0 Å². The summed E-state index contributed by atoms with van der Waals surface area (Å²) in [5.41, 5.74) is 15.5. The second kappa shape index (κ2) is 12.1. The fourth-order valence-electron chi connectivity index (χ4n) is 6.48. The zero-order chi connectivity index (χ0) is 32.7. The van der Waals surface area contributed by atoms with Gasteiger partial charge in [-0.2, -0.15) is 0 Å². The maximum absolute atomic E-state index is 5.21. The third kappa shape index (κ3) is 5.38. The number of nitrogens with one attached hydrogen (secondary N) is 2. The van der Waals surface area contributed by atoms with E-state index in [1.54, 1.807) is 0 Å². The van der Waals surface area contributed by atoms with Gasteiger partial charge in [0, 0.05) is 70.4 Å². The van der Waals surface area contributed by atoms with Crippen molar-refractivity contribution >= 4 is 62.3 Å². The largest absolute Gasteiger partial charge is 0.354 e. The Hall–Kier alpha value is -6.25. The molecule has 0 atom stereocenters. The lowest BCUT2D eigenvalue weighted by atomic mass is 10.00. The molecule has 9 rings (SSSR count). The fraction of sp³-hybridized carbons (Fsp3) is 0.